The van der Waals surface area contributed by atoms with Crippen LogP contribution in [0.5, 0.6) is 0 Å². The van der Waals surface area contributed by atoms with E-state index in [1.54, 1.807) is 0 Å². The van der Waals surface area contributed by atoms with E-state index in [0.717, 1.165) is 102 Å². The van der Waals surface area contributed by atoms with Gasteiger partial charge in [0.05, 0.1) is 22.8 Å². The summed E-state index contributed by atoms with van der Waals surface area (Å²) in [6.07, 6.45) is 6.23. The number of hydrogen-bond acceptors (Lipinski definition) is 6. The highest BCUT2D eigenvalue weighted by atomic mass is 16.3. The molecule has 10 aromatic rings. The molecule has 1 aliphatic carbocycles. The van der Waals surface area contributed by atoms with Gasteiger partial charge in [-0.2, -0.15) is 0 Å². The molecule has 0 spiro atoms. The van der Waals surface area contributed by atoms with E-state index in [9.17, 15) is 0 Å². The van der Waals surface area contributed by atoms with Crippen molar-refractivity contribution >= 4 is 27.8 Å². The summed E-state index contributed by atoms with van der Waals surface area (Å²) in [6, 6.07) is 60.1. The maximum atomic E-state index is 6.35. The summed E-state index contributed by atoms with van der Waals surface area (Å²) in [4.78, 5) is 26.4. The van der Waals surface area contributed by atoms with Crippen LogP contribution in [0, 0.1) is 0 Å². The molecule has 278 valence electrons. The Morgan fingerprint density at radius 1 is 0.373 bits per heavy atom. The van der Waals surface area contributed by atoms with Crippen LogP contribution in [0.3, 0.4) is 0 Å². The summed E-state index contributed by atoms with van der Waals surface area (Å²) >= 11 is 0. The number of benzene rings is 7. The molecule has 3 heterocycles. The van der Waals surface area contributed by atoms with Crippen molar-refractivity contribution in [2.24, 2.45) is 0 Å². The molecule has 0 fully saturated rings. The second-order valence-electron chi connectivity index (χ2n) is 14.8. The largest absolute Gasteiger partial charge is 0.456 e. The fourth-order valence-electron chi connectivity index (χ4n) is 8.04. The van der Waals surface area contributed by atoms with Crippen molar-refractivity contribution in [1.29, 1.82) is 0 Å². The standard InChI is InChI=1S/C53H35N5O/c1-4-16-35(17-5-1)47-48(36-18-6-2-7-19-36)55-50(49(54-47)37-20-8-3-9-21-37)39-23-14-24-40(32-39)51-56-52(41-28-27-34-15-10-11-22-38(34)31-41)58-53(57-51)42-29-30-44-43-25-12-13-26-45(43)59-46(44)33-42/h1-11,13-24,26-33H,12,25H2. The van der Waals surface area contributed by atoms with Crippen molar-refractivity contribution in [3.8, 4) is 79.2 Å². The summed E-state index contributed by atoms with van der Waals surface area (Å²) in [5, 5.41) is 3.41. The van der Waals surface area contributed by atoms with E-state index in [-0.39, 0.29) is 0 Å². The molecule has 0 atom stereocenters. The minimum Gasteiger partial charge on any atom is -0.456 e. The van der Waals surface area contributed by atoms with Crippen molar-refractivity contribution in [2.45, 2.75) is 12.8 Å². The van der Waals surface area contributed by atoms with Gasteiger partial charge in [-0.05, 0) is 47.9 Å². The topological polar surface area (TPSA) is 77.6 Å². The summed E-state index contributed by atoms with van der Waals surface area (Å²) in [5.74, 6) is 2.64. The SMILES string of the molecule is C1=Cc2oc3cc(-c4nc(-c5cccc(-c6nc(-c7ccccc7)c(-c7ccccc7)nc6-c6ccccc6)c5)nc(-c5ccc6ccccc6c5)n4)ccc3c2CC1. The molecule has 0 bridgehead atoms. The number of rotatable bonds is 7. The van der Waals surface area contributed by atoms with Gasteiger partial charge in [-0.15, -0.1) is 0 Å². The van der Waals surface area contributed by atoms with Crippen molar-refractivity contribution in [3.63, 3.8) is 0 Å². The molecule has 1 aliphatic rings. The third-order valence-corrected chi connectivity index (χ3v) is 11.0. The third-order valence-electron chi connectivity index (χ3n) is 11.0. The van der Waals surface area contributed by atoms with Gasteiger partial charge >= 0.3 is 0 Å². The number of fused-ring (bicyclic) bond motifs is 4. The van der Waals surface area contributed by atoms with Crippen LogP contribution in [-0.4, -0.2) is 24.9 Å². The number of allylic oxidation sites excluding steroid dienone is 1. The lowest BCUT2D eigenvalue weighted by atomic mass is 9.98. The normalized spacial score (nSPS) is 12.2. The second kappa shape index (κ2) is 14.6. The van der Waals surface area contributed by atoms with Crippen LogP contribution in [-0.2, 0) is 6.42 Å². The number of nitrogens with zero attached hydrogens (tertiary/aromatic N) is 5. The van der Waals surface area contributed by atoms with Crippen LogP contribution >= 0.6 is 0 Å². The molecule has 0 amide bonds. The van der Waals surface area contributed by atoms with E-state index < -0.39 is 0 Å². The predicted octanol–water partition coefficient (Wildman–Crippen LogP) is 13.2. The maximum absolute atomic E-state index is 6.35. The molecule has 3 aromatic heterocycles. The minimum absolute atomic E-state index is 0.556. The first-order valence-electron chi connectivity index (χ1n) is 19.9. The van der Waals surface area contributed by atoms with E-state index in [2.05, 4.69) is 127 Å². The Hall–Kier alpha value is -7.83. The maximum Gasteiger partial charge on any atom is 0.164 e. The number of aryl methyl sites for hydroxylation is 1. The predicted molar refractivity (Wildman–Crippen MR) is 238 cm³/mol. The Kier molecular flexibility index (Phi) is 8.51. The van der Waals surface area contributed by atoms with E-state index in [1.807, 2.05) is 60.7 Å². The van der Waals surface area contributed by atoms with Gasteiger partial charge in [0, 0.05) is 49.9 Å². The molecule has 0 aliphatic heterocycles. The van der Waals surface area contributed by atoms with Gasteiger partial charge in [-0.3, -0.25) is 0 Å². The molecular weight excluding hydrogens is 723 g/mol. The first kappa shape index (κ1) is 34.4. The van der Waals surface area contributed by atoms with Crippen molar-refractivity contribution in [2.75, 3.05) is 0 Å². The zero-order valence-electron chi connectivity index (χ0n) is 32.0. The van der Waals surface area contributed by atoms with Crippen LogP contribution in [0.2, 0.25) is 0 Å². The van der Waals surface area contributed by atoms with Crippen LogP contribution in [0.15, 0.2) is 186 Å². The highest BCUT2D eigenvalue weighted by molar-refractivity contribution is 5.90. The smallest absolute Gasteiger partial charge is 0.164 e. The summed E-state index contributed by atoms with van der Waals surface area (Å²) < 4.78 is 6.35. The van der Waals surface area contributed by atoms with E-state index in [1.165, 1.54) is 5.56 Å². The molecule has 6 heteroatoms. The van der Waals surface area contributed by atoms with Crippen molar-refractivity contribution in [3.05, 3.63) is 193 Å². The molecule has 0 N–H and O–H groups in total. The first-order valence-corrected chi connectivity index (χ1v) is 19.9. The quantitative estimate of drug-likeness (QED) is 0.161. The molecule has 59 heavy (non-hydrogen) atoms. The van der Waals surface area contributed by atoms with E-state index >= 15 is 0 Å². The minimum atomic E-state index is 0.556. The molecule has 7 aromatic carbocycles. The van der Waals surface area contributed by atoms with Gasteiger partial charge < -0.3 is 4.42 Å². The van der Waals surface area contributed by atoms with Crippen molar-refractivity contribution < 1.29 is 4.42 Å². The average Bonchev–Trinajstić information content (AvgIpc) is 3.70. The van der Waals surface area contributed by atoms with Crippen LogP contribution in [0.4, 0.5) is 0 Å². The van der Waals surface area contributed by atoms with Gasteiger partial charge in [0.15, 0.2) is 17.5 Å². The van der Waals surface area contributed by atoms with E-state index in [4.69, 9.17) is 29.3 Å². The highest BCUT2D eigenvalue weighted by Gasteiger charge is 2.21. The van der Waals surface area contributed by atoms with Crippen LogP contribution in [0.1, 0.15) is 17.7 Å². The van der Waals surface area contributed by atoms with Gasteiger partial charge in [-0.25, -0.2) is 24.9 Å². The number of furan rings is 1. The Morgan fingerprint density at radius 2 is 0.864 bits per heavy atom. The molecule has 11 rings (SSSR count). The van der Waals surface area contributed by atoms with Crippen molar-refractivity contribution in [1.82, 2.24) is 24.9 Å². The summed E-state index contributed by atoms with van der Waals surface area (Å²) in [5.41, 5.74) is 11.7. The fourth-order valence-corrected chi connectivity index (χ4v) is 8.04. The molecule has 0 radical (unpaired) electrons. The Balaban J connectivity index is 1.10. The van der Waals surface area contributed by atoms with Crippen LogP contribution < -0.4 is 0 Å². The highest BCUT2D eigenvalue weighted by Crippen LogP contribution is 2.39. The van der Waals surface area contributed by atoms with Gasteiger partial charge in [0.1, 0.15) is 11.3 Å². The summed E-state index contributed by atoms with van der Waals surface area (Å²) in [6.45, 7) is 0. The molecule has 0 saturated heterocycles. The Labute approximate surface area is 341 Å². The third kappa shape index (κ3) is 6.47. The fraction of sp³-hybridized carbons (Fsp3) is 0.0377. The Morgan fingerprint density at radius 3 is 1.49 bits per heavy atom. The number of hydrogen-bond donors (Lipinski definition) is 0. The lowest BCUT2D eigenvalue weighted by Crippen LogP contribution is -2.02. The zero-order valence-corrected chi connectivity index (χ0v) is 32.0. The first-order chi connectivity index (χ1) is 29.2. The molecular formula is C53H35N5O. The lowest BCUT2D eigenvalue weighted by Gasteiger charge is -2.16. The molecule has 0 unspecified atom stereocenters. The van der Waals surface area contributed by atoms with Crippen LogP contribution in [0.25, 0.3) is 107 Å². The van der Waals surface area contributed by atoms with E-state index in [0.29, 0.717) is 17.5 Å². The second-order valence-corrected chi connectivity index (χ2v) is 14.8. The molecule has 6 nitrogen and oxygen atoms in total. The summed E-state index contributed by atoms with van der Waals surface area (Å²) in [7, 11) is 0. The van der Waals surface area contributed by atoms with Gasteiger partial charge in [0.25, 0.3) is 0 Å². The van der Waals surface area contributed by atoms with Gasteiger partial charge in [0.2, 0.25) is 0 Å². The number of aromatic nitrogens is 5. The molecule has 0 saturated carbocycles. The lowest BCUT2D eigenvalue weighted by molar-refractivity contribution is 0.595. The van der Waals surface area contributed by atoms with Gasteiger partial charge in [-0.1, -0.05) is 164 Å². The monoisotopic (exact) mass is 757 g/mol. The Bertz CT molecular complexity index is 3210. The average molecular weight is 758 g/mol. The zero-order chi connectivity index (χ0) is 39.1.